The van der Waals surface area contributed by atoms with Crippen molar-refractivity contribution in [1.82, 2.24) is 0 Å². The Kier molecular flexibility index (Phi) is 4.63. The standard InChI is InChI=1S/C18H18O3Se/c19-17(20)14-11-18(21-12-14,15-7-3-1-4-8-15)13-22-16-9-5-2-6-10-16/h1-10,14H,11-13H2,(H,19,20)/t14-,18-/m0/s1. The summed E-state index contributed by atoms with van der Waals surface area (Å²) in [5.74, 6) is -1.17. The number of carboxylic acid groups (broad SMARTS) is 1. The van der Waals surface area contributed by atoms with Crippen molar-refractivity contribution in [2.45, 2.75) is 17.3 Å². The molecular weight excluding hydrogens is 343 g/mol. The fourth-order valence-corrected chi connectivity index (χ4v) is 5.12. The van der Waals surface area contributed by atoms with Crippen LogP contribution in [0, 0.1) is 5.92 Å². The Morgan fingerprint density at radius 3 is 2.36 bits per heavy atom. The molecule has 2 aromatic carbocycles. The molecule has 1 N–H and O–H groups in total. The fraction of sp³-hybridized carbons (Fsp3) is 0.278. The first kappa shape index (κ1) is 15.3. The topological polar surface area (TPSA) is 46.5 Å². The van der Waals surface area contributed by atoms with E-state index in [1.54, 1.807) is 0 Å². The summed E-state index contributed by atoms with van der Waals surface area (Å²) in [4.78, 5) is 11.3. The third kappa shape index (κ3) is 3.25. The van der Waals surface area contributed by atoms with Crippen LogP contribution < -0.4 is 4.46 Å². The normalized spacial score (nSPS) is 24.3. The zero-order valence-electron chi connectivity index (χ0n) is 12.1. The van der Waals surface area contributed by atoms with Crippen LogP contribution in [0.3, 0.4) is 0 Å². The number of ether oxygens (including phenoxy) is 1. The third-order valence-electron chi connectivity index (χ3n) is 4.00. The summed E-state index contributed by atoms with van der Waals surface area (Å²) in [6, 6.07) is 20.4. The monoisotopic (exact) mass is 362 g/mol. The van der Waals surface area contributed by atoms with Gasteiger partial charge >= 0.3 is 136 Å². The summed E-state index contributed by atoms with van der Waals surface area (Å²) in [7, 11) is 0. The quantitative estimate of drug-likeness (QED) is 0.833. The summed E-state index contributed by atoms with van der Waals surface area (Å²) in [6.45, 7) is 0.301. The van der Waals surface area contributed by atoms with Crippen LogP contribution in [0.25, 0.3) is 0 Å². The van der Waals surface area contributed by atoms with E-state index in [4.69, 9.17) is 4.74 Å². The maximum atomic E-state index is 11.3. The molecule has 1 heterocycles. The number of aliphatic carboxylic acids is 1. The Labute approximate surface area is 136 Å². The van der Waals surface area contributed by atoms with Crippen molar-refractivity contribution in [2.24, 2.45) is 5.92 Å². The van der Waals surface area contributed by atoms with E-state index in [1.807, 2.05) is 48.5 Å². The molecule has 114 valence electrons. The summed E-state index contributed by atoms with van der Waals surface area (Å²) >= 11 is 0.254. The third-order valence-corrected chi connectivity index (χ3v) is 6.55. The van der Waals surface area contributed by atoms with Gasteiger partial charge in [0.2, 0.25) is 0 Å². The molecule has 1 saturated heterocycles. The minimum absolute atomic E-state index is 0.254. The molecule has 1 aliphatic heterocycles. The number of carbonyl (C=O) groups is 1. The zero-order valence-corrected chi connectivity index (χ0v) is 13.9. The van der Waals surface area contributed by atoms with Gasteiger partial charge in [-0.25, -0.2) is 0 Å². The average molecular weight is 361 g/mol. The molecule has 2 aromatic rings. The van der Waals surface area contributed by atoms with E-state index in [0.717, 1.165) is 10.9 Å². The van der Waals surface area contributed by atoms with E-state index >= 15 is 0 Å². The SMILES string of the molecule is O=C(O)[C@@H]1CO[C@@](C[Se]c2ccccc2)(c2ccccc2)C1. The molecule has 1 fully saturated rings. The van der Waals surface area contributed by atoms with Gasteiger partial charge in [-0.1, -0.05) is 0 Å². The Morgan fingerprint density at radius 2 is 1.77 bits per heavy atom. The van der Waals surface area contributed by atoms with E-state index in [-0.39, 0.29) is 15.0 Å². The predicted octanol–water partition coefficient (Wildman–Crippen LogP) is 2.45. The minimum atomic E-state index is -0.759. The van der Waals surface area contributed by atoms with E-state index in [1.165, 1.54) is 4.46 Å². The van der Waals surface area contributed by atoms with Gasteiger partial charge in [0.1, 0.15) is 0 Å². The molecule has 0 radical (unpaired) electrons. The molecular formula is C18H18O3Se. The van der Waals surface area contributed by atoms with Crippen LogP contribution in [0.5, 0.6) is 0 Å². The maximum absolute atomic E-state index is 11.3. The van der Waals surface area contributed by atoms with Gasteiger partial charge in [-0.2, -0.15) is 0 Å². The van der Waals surface area contributed by atoms with Gasteiger partial charge in [0.05, 0.1) is 0 Å². The summed E-state index contributed by atoms with van der Waals surface area (Å²) in [5, 5.41) is 10.2. The number of carboxylic acids is 1. The van der Waals surface area contributed by atoms with E-state index < -0.39 is 17.5 Å². The van der Waals surface area contributed by atoms with E-state index in [0.29, 0.717) is 13.0 Å². The molecule has 0 unspecified atom stereocenters. The van der Waals surface area contributed by atoms with Crippen molar-refractivity contribution in [1.29, 1.82) is 0 Å². The van der Waals surface area contributed by atoms with Crippen molar-refractivity contribution in [3.8, 4) is 0 Å². The Hall–Kier alpha value is -1.61. The molecule has 0 aliphatic carbocycles. The Morgan fingerprint density at radius 1 is 1.14 bits per heavy atom. The molecule has 0 bridgehead atoms. The predicted molar refractivity (Wildman–Crippen MR) is 86.5 cm³/mol. The molecule has 22 heavy (non-hydrogen) atoms. The first-order valence-corrected chi connectivity index (χ1v) is 9.36. The summed E-state index contributed by atoms with van der Waals surface area (Å²) < 4.78 is 7.37. The second kappa shape index (κ2) is 6.65. The van der Waals surface area contributed by atoms with Gasteiger partial charge < -0.3 is 0 Å². The van der Waals surface area contributed by atoms with Crippen molar-refractivity contribution in [3.05, 3.63) is 66.2 Å². The molecule has 3 nitrogen and oxygen atoms in total. The first-order chi connectivity index (χ1) is 10.7. The second-order valence-electron chi connectivity index (χ2n) is 5.51. The fourth-order valence-electron chi connectivity index (χ4n) is 2.78. The van der Waals surface area contributed by atoms with Crippen LogP contribution in [0.1, 0.15) is 12.0 Å². The van der Waals surface area contributed by atoms with Crippen LogP contribution in [0.4, 0.5) is 0 Å². The number of benzene rings is 2. The summed E-state index contributed by atoms with van der Waals surface area (Å²) in [6.07, 6.45) is 0.556. The molecule has 0 saturated carbocycles. The van der Waals surface area contributed by atoms with E-state index in [2.05, 4.69) is 12.1 Å². The number of hydrogen-bond donors (Lipinski definition) is 1. The van der Waals surface area contributed by atoms with Gasteiger partial charge in [0.15, 0.2) is 0 Å². The molecule has 0 aromatic heterocycles. The van der Waals surface area contributed by atoms with Crippen molar-refractivity contribution in [3.63, 3.8) is 0 Å². The average Bonchev–Trinajstić information content (AvgIpc) is 3.01. The van der Waals surface area contributed by atoms with Crippen molar-refractivity contribution >= 4 is 25.4 Å². The van der Waals surface area contributed by atoms with Gasteiger partial charge in [-0.3, -0.25) is 0 Å². The number of hydrogen-bond acceptors (Lipinski definition) is 2. The first-order valence-electron chi connectivity index (χ1n) is 7.30. The number of rotatable bonds is 5. The van der Waals surface area contributed by atoms with E-state index in [9.17, 15) is 9.90 Å². The molecule has 2 atom stereocenters. The zero-order chi connectivity index (χ0) is 15.4. The van der Waals surface area contributed by atoms with Crippen LogP contribution in [-0.2, 0) is 15.1 Å². The molecule has 0 spiro atoms. The summed E-state index contributed by atoms with van der Waals surface area (Å²) in [5.41, 5.74) is 0.636. The van der Waals surface area contributed by atoms with Gasteiger partial charge in [0.25, 0.3) is 0 Å². The van der Waals surface area contributed by atoms with Crippen LogP contribution in [0.15, 0.2) is 60.7 Å². The second-order valence-corrected chi connectivity index (χ2v) is 7.71. The molecule has 0 amide bonds. The van der Waals surface area contributed by atoms with Gasteiger partial charge in [-0.05, 0) is 0 Å². The Balaban J connectivity index is 1.83. The molecule has 3 rings (SSSR count). The van der Waals surface area contributed by atoms with Gasteiger partial charge in [-0.15, -0.1) is 0 Å². The molecule has 4 heteroatoms. The van der Waals surface area contributed by atoms with Crippen LogP contribution in [0.2, 0.25) is 5.32 Å². The molecule has 1 aliphatic rings. The van der Waals surface area contributed by atoms with Gasteiger partial charge in [0, 0.05) is 0 Å². The van der Waals surface area contributed by atoms with Crippen molar-refractivity contribution in [2.75, 3.05) is 6.61 Å². The van der Waals surface area contributed by atoms with Crippen LogP contribution in [-0.4, -0.2) is 32.6 Å². The van der Waals surface area contributed by atoms with Crippen molar-refractivity contribution < 1.29 is 14.6 Å². The van der Waals surface area contributed by atoms with Crippen LogP contribution >= 0.6 is 0 Å². The Bertz CT molecular complexity index is 629.